The van der Waals surface area contributed by atoms with Gasteiger partial charge in [-0.05, 0) is 78.3 Å². The van der Waals surface area contributed by atoms with E-state index in [0.717, 1.165) is 81.7 Å². The standard InChI is InChI=1S/C29H40N6O3/c1-18(22-8-6-14-34(22)2)37-25-15-24(35-16-19-10-11-20(17-35)30-19)31-28(32-25)26-21-7-5-13-29(27(21)38-33-26)12-4-3-9-23(29)36/h15,18-20,22,30H,3-14,16-17H2,1-2H3/t18-,19?,20?,22-,29+/m0/s1. The molecule has 1 saturated carbocycles. The maximum atomic E-state index is 13.2. The van der Waals surface area contributed by atoms with Crippen LogP contribution in [0, 0.1) is 0 Å². The number of ether oxygens (including phenoxy) is 1. The van der Waals surface area contributed by atoms with Crippen LogP contribution in [-0.4, -0.2) is 76.7 Å². The fraction of sp³-hybridized carbons (Fsp3) is 0.724. The molecule has 1 spiro atoms. The Morgan fingerprint density at radius 2 is 1.89 bits per heavy atom. The van der Waals surface area contributed by atoms with E-state index in [0.29, 0.717) is 47.7 Å². The molecular formula is C29H40N6O3. The number of nitrogens with one attached hydrogen (secondary N) is 1. The molecule has 7 rings (SSSR count). The van der Waals surface area contributed by atoms with Crippen molar-refractivity contribution in [3.05, 3.63) is 17.4 Å². The lowest BCUT2D eigenvalue weighted by Crippen LogP contribution is -2.51. The normalized spacial score (nSPS) is 32.1. The monoisotopic (exact) mass is 520 g/mol. The van der Waals surface area contributed by atoms with Gasteiger partial charge in [0.2, 0.25) is 5.88 Å². The van der Waals surface area contributed by atoms with Crippen LogP contribution in [0.2, 0.25) is 0 Å². The third-order valence-corrected chi connectivity index (χ3v) is 9.91. The highest BCUT2D eigenvalue weighted by atomic mass is 16.5. The van der Waals surface area contributed by atoms with Gasteiger partial charge >= 0.3 is 0 Å². The number of aromatic nitrogens is 3. The number of piperazine rings is 1. The Morgan fingerprint density at radius 3 is 2.66 bits per heavy atom. The zero-order valence-electron chi connectivity index (χ0n) is 22.7. The van der Waals surface area contributed by atoms with Gasteiger partial charge in [-0.15, -0.1) is 0 Å². The predicted octanol–water partition coefficient (Wildman–Crippen LogP) is 3.65. The second kappa shape index (κ2) is 9.59. The summed E-state index contributed by atoms with van der Waals surface area (Å²) in [6.45, 7) is 5.12. The molecule has 3 saturated heterocycles. The van der Waals surface area contributed by atoms with Crippen LogP contribution in [0.15, 0.2) is 10.6 Å². The van der Waals surface area contributed by atoms with Crippen molar-refractivity contribution < 1.29 is 14.1 Å². The van der Waals surface area contributed by atoms with Crippen molar-refractivity contribution in [1.82, 2.24) is 25.3 Å². The van der Waals surface area contributed by atoms with Gasteiger partial charge in [0.05, 0.1) is 5.41 Å². The van der Waals surface area contributed by atoms with Gasteiger partial charge in [-0.1, -0.05) is 11.6 Å². The molecule has 2 aromatic heterocycles. The molecule has 5 aliphatic rings. The van der Waals surface area contributed by atoms with Crippen LogP contribution in [0.4, 0.5) is 5.82 Å². The molecule has 38 heavy (non-hydrogen) atoms. The summed E-state index contributed by atoms with van der Waals surface area (Å²) in [6, 6.07) is 3.39. The van der Waals surface area contributed by atoms with Crippen LogP contribution in [0.25, 0.3) is 11.5 Å². The van der Waals surface area contributed by atoms with Crippen LogP contribution in [0.1, 0.15) is 82.5 Å². The molecule has 4 fully saturated rings. The van der Waals surface area contributed by atoms with E-state index in [1.54, 1.807) is 0 Å². The van der Waals surface area contributed by atoms with Crippen LogP contribution in [0.5, 0.6) is 5.88 Å². The minimum atomic E-state index is -0.507. The summed E-state index contributed by atoms with van der Waals surface area (Å²) >= 11 is 0. The number of carbonyl (C=O) groups is 1. The zero-order chi connectivity index (χ0) is 25.9. The minimum absolute atomic E-state index is 0.0201. The number of Topliss-reactive ketones (excluding diaryl/α,β-unsaturated/α-hetero) is 1. The fourth-order valence-electron chi connectivity index (χ4n) is 7.89. The van der Waals surface area contributed by atoms with E-state index in [-0.39, 0.29) is 6.10 Å². The topological polar surface area (TPSA) is 96.6 Å². The van der Waals surface area contributed by atoms with Crippen molar-refractivity contribution in [2.45, 2.75) is 107 Å². The number of carbonyl (C=O) groups excluding carboxylic acids is 1. The van der Waals surface area contributed by atoms with Gasteiger partial charge in [0.1, 0.15) is 17.7 Å². The van der Waals surface area contributed by atoms with Gasteiger partial charge in [0.25, 0.3) is 0 Å². The summed E-state index contributed by atoms with van der Waals surface area (Å²) in [5.41, 5.74) is 1.21. The van der Waals surface area contributed by atoms with Crippen molar-refractivity contribution in [1.29, 1.82) is 0 Å². The van der Waals surface area contributed by atoms with Crippen molar-refractivity contribution >= 4 is 11.6 Å². The molecule has 3 aliphatic heterocycles. The second-order valence-corrected chi connectivity index (χ2v) is 12.3. The Labute approximate surface area is 224 Å². The van der Waals surface area contributed by atoms with E-state index in [1.807, 2.05) is 6.07 Å². The summed E-state index contributed by atoms with van der Waals surface area (Å²) in [6.07, 6.45) is 11.0. The number of nitrogens with zero attached hydrogens (tertiary/aromatic N) is 5. The first kappa shape index (κ1) is 24.5. The zero-order valence-corrected chi connectivity index (χ0v) is 22.7. The molecule has 9 heteroatoms. The Hall–Kier alpha value is -2.52. The molecular weight excluding hydrogens is 480 g/mol. The van der Waals surface area contributed by atoms with Crippen molar-refractivity contribution in [2.24, 2.45) is 0 Å². The van der Waals surface area contributed by atoms with E-state index >= 15 is 0 Å². The average Bonchev–Trinajstić information content (AvgIpc) is 3.64. The molecule has 5 heterocycles. The summed E-state index contributed by atoms with van der Waals surface area (Å²) in [5, 5.41) is 8.26. The first-order chi connectivity index (χ1) is 18.5. The lowest BCUT2D eigenvalue weighted by molar-refractivity contribution is -0.128. The van der Waals surface area contributed by atoms with Crippen LogP contribution in [-0.2, 0) is 16.6 Å². The Kier molecular flexibility index (Phi) is 6.19. The van der Waals surface area contributed by atoms with Crippen molar-refractivity contribution in [3.8, 4) is 17.4 Å². The molecule has 0 radical (unpaired) electrons. The summed E-state index contributed by atoms with van der Waals surface area (Å²) < 4.78 is 12.6. The van der Waals surface area contributed by atoms with Crippen LogP contribution in [0.3, 0.4) is 0 Å². The molecule has 5 atom stereocenters. The van der Waals surface area contributed by atoms with Crippen LogP contribution >= 0.6 is 0 Å². The van der Waals surface area contributed by atoms with Crippen LogP contribution < -0.4 is 15.0 Å². The van der Waals surface area contributed by atoms with Gasteiger partial charge in [-0.3, -0.25) is 9.69 Å². The Morgan fingerprint density at radius 1 is 1.08 bits per heavy atom. The number of hydrogen-bond acceptors (Lipinski definition) is 9. The molecule has 0 amide bonds. The number of hydrogen-bond donors (Lipinski definition) is 1. The molecule has 204 valence electrons. The Balaban J connectivity index is 1.26. The molecule has 0 aromatic carbocycles. The third-order valence-electron chi connectivity index (χ3n) is 9.91. The van der Waals surface area contributed by atoms with Crippen molar-refractivity contribution in [2.75, 3.05) is 31.6 Å². The smallest absolute Gasteiger partial charge is 0.219 e. The van der Waals surface area contributed by atoms with E-state index in [4.69, 9.17) is 19.2 Å². The highest BCUT2D eigenvalue weighted by Gasteiger charge is 2.48. The van der Waals surface area contributed by atoms with Gasteiger partial charge in [0.15, 0.2) is 17.3 Å². The highest BCUT2D eigenvalue weighted by molar-refractivity contribution is 5.91. The van der Waals surface area contributed by atoms with E-state index in [9.17, 15) is 4.79 Å². The van der Waals surface area contributed by atoms with Crippen molar-refractivity contribution in [3.63, 3.8) is 0 Å². The number of rotatable bonds is 5. The fourth-order valence-corrected chi connectivity index (χ4v) is 7.89. The third kappa shape index (κ3) is 4.13. The number of likely N-dealkylation sites (tertiary alicyclic amines) is 1. The molecule has 1 N–H and O–H groups in total. The molecule has 2 unspecified atom stereocenters. The molecule has 2 aliphatic carbocycles. The quantitative estimate of drug-likeness (QED) is 0.634. The lowest BCUT2D eigenvalue weighted by Gasteiger charge is -2.36. The average molecular weight is 521 g/mol. The first-order valence-electron chi connectivity index (χ1n) is 14.8. The van der Waals surface area contributed by atoms with E-state index in [1.165, 1.54) is 19.3 Å². The Bertz CT molecular complexity index is 1200. The van der Waals surface area contributed by atoms with E-state index < -0.39 is 5.41 Å². The summed E-state index contributed by atoms with van der Waals surface area (Å²) in [7, 11) is 2.18. The van der Waals surface area contributed by atoms with Gasteiger partial charge in [0, 0.05) is 49.3 Å². The summed E-state index contributed by atoms with van der Waals surface area (Å²) in [5.74, 6) is 3.14. The maximum Gasteiger partial charge on any atom is 0.219 e. The number of likely N-dealkylation sites (N-methyl/N-ethyl adjacent to an activating group) is 1. The van der Waals surface area contributed by atoms with E-state index in [2.05, 4.69) is 34.2 Å². The number of ketones is 1. The molecule has 2 bridgehead atoms. The SMILES string of the molecule is C[C@H](Oc1cc(N2CC3CCC(C2)N3)nc(-c2noc3c2CCC[C@@]32CCCCC2=O)n1)[C@@H]1CCCN1C. The minimum Gasteiger partial charge on any atom is -0.473 e. The second-order valence-electron chi connectivity index (χ2n) is 12.3. The molecule has 2 aromatic rings. The first-order valence-corrected chi connectivity index (χ1v) is 14.8. The largest absolute Gasteiger partial charge is 0.473 e. The predicted molar refractivity (Wildman–Crippen MR) is 144 cm³/mol. The molecule has 9 nitrogen and oxygen atoms in total. The maximum absolute atomic E-state index is 13.2. The van der Waals surface area contributed by atoms with Gasteiger partial charge in [-0.25, -0.2) is 4.98 Å². The number of fused-ring (bicyclic) bond motifs is 4. The highest BCUT2D eigenvalue weighted by Crippen LogP contribution is 2.47. The number of anilines is 1. The summed E-state index contributed by atoms with van der Waals surface area (Å²) in [4.78, 5) is 27.9. The lowest BCUT2D eigenvalue weighted by atomic mass is 9.64. The van der Waals surface area contributed by atoms with Gasteiger partial charge < -0.3 is 19.5 Å². The van der Waals surface area contributed by atoms with Gasteiger partial charge in [-0.2, -0.15) is 4.98 Å².